The van der Waals surface area contributed by atoms with Crippen LogP contribution in [0.25, 0.3) is 11.1 Å². The Labute approximate surface area is 231 Å². The van der Waals surface area contributed by atoms with Crippen LogP contribution in [0.15, 0.2) is 48.5 Å². The van der Waals surface area contributed by atoms with Crippen molar-refractivity contribution in [2.24, 2.45) is 0 Å². The fourth-order valence-electron chi connectivity index (χ4n) is 5.07. The van der Waals surface area contributed by atoms with Crippen molar-refractivity contribution in [2.45, 2.75) is 115 Å². The standard InChI is InChI=1S/C34H50O4/c1-28(35-24-12-8-4-2-6-10-14-33-26-37-33)29-16-18-30(19-17-29)31-20-22-32(23-21-31)36-25-13-9-5-3-7-11-15-34-27-38-34/h16-23,28,33-34H,2-15,24-27H2,1H3. The molecule has 38 heavy (non-hydrogen) atoms. The zero-order valence-corrected chi connectivity index (χ0v) is 23.7. The predicted octanol–water partition coefficient (Wildman–Crippen LogP) is 9.07. The van der Waals surface area contributed by atoms with Crippen molar-refractivity contribution < 1.29 is 18.9 Å². The lowest BCUT2D eigenvalue weighted by Crippen LogP contribution is -2.01. The van der Waals surface area contributed by atoms with Crippen molar-refractivity contribution >= 4 is 0 Å². The Kier molecular flexibility index (Phi) is 13.0. The number of hydrogen-bond acceptors (Lipinski definition) is 4. The summed E-state index contributed by atoms with van der Waals surface area (Å²) in [6, 6.07) is 17.3. The molecule has 2 fully saturated rings. The van der Waals surface area contributed by atoms with Gasteiger partial charge in [-0.1, -0.05) is 101 Å². The molecule has 4 nitrogen and oxygen atoms in total. The number of epoxide rings is 2. The number of hydrogen-bond donors (Lipinski definition) is 0. The van der Waals surface area contributed by atoms with E-state index in [-0.39, 0.29) is 6.10 Å². The summed E-state index contributed by atoms with van der Waals surface area (Å²) in [5.74, 6) is 0.963. The first-order valence-corrected chi connectivity index (χ1v) is 15.5. The van der Waals surface area contributed by atoms with Crippen LogP contribution in [-0.4, -0.2) is 38.6 Å². The quantitative estimate of drug-likeness (QED) is 0.114. The molecule has 2 aromatic carbocycles. The van der Waals surface area contributed by atoms with Crippen LogP contribution in [0.5, 0.6) is 5.75 Å². The van der Waals surface area contributed by atoms with Crippen LogP contribution in [0, 0.1) is 0 Å². The van der Waals surface area contributed by atoms with E-state index < -0.39 is 0 Å². The molecule has 2 heterocycles. The van der Waals surface area contributed by atoms with Crippen molar-refractivity contribution in [1.82, 2.24) is 0 Å². The molecule has 3 atom stereocenters. The van der Waals surface area contributed by atoms with Crippen molar-refractivity contribution in [2.75, 3.05) is 26.4 Å². The highest BCUT2D eigenvalue weighted by atomic mass is 16.6. The highest BCUT2D eigenvalue weighted by Gasteiger charge is 2.21. The second-order valence-corrected chi connectivity index (χ2v) is 11.2. The molecule has 210 valence electrons. The van der Waals surface area contributed by atoms with Gasteiger partial charge in [0, 0.05) is 6.61 Å². The maximum Gasteiger partial charge on any atom is 0.119 e. The van der Waals surface area contributed by atoms with E-state index in [1.54, 1.807) is 0 Å². The zero-order valence-electron chi connectivity index (χ0n) is 23.7. The number of rotatable bonds is 22. The molecule has 0 saturated carbocycles. The van der Waals surface area contributed by atoms with Crippen LogP contribution in [0.2, 0.25) is 0 Å². The molecule has 0 amide bonds. The summed E-state index contributed by atoms with van der Waals surface area (Å²) < 4.78 is 22.6. The average molecular weight is 523 g/mol. The smallest absolute Gasteiger partial charge is 0.119 e. The first kappa shape index (κ1) is 29.1. The summed E-state index contributed by atoms with van der Waals surface area (Å²) in [7, 11) is 0. The lowest BCUT2D eigenvalue weighted by Gasteiger charge is -2.14. The van der Waals surface area contributed by atoms with Gasteiger partial charge in [-0.15, -0.1) is 0 Å². The summed E-state index contributed by atoms with van der Waals surface area (Å²) in [5.41, 5.74) is 3.70. The van der Waals surface area contributed by atoms with E-state index in [4.69, 9.17) is 18.9 Å². The number of benzene rings is 2. The summed E-state index contributed by atoms with van der Waals surface area (Å²) in [6.45, 7) is 5.80. The van der Waals surface area contributed by atoms with Crippen molar-refractivity contribution in [3.8, 4) is 16.9 Å². The van der Waals surface area contributed by atoms with Crippen molar-refractivity contribution in [1.29, 1.82) is 0 Å². The van der Waals surface area contributed by atoms with Crippen LogP contribution in [0.4, 0.5) is 0 Å². The van der Waals surface area contributed by atoms with E-state index >= 15 is 0 Å². The summed E-state index contributed by atoms with van der Waals surface area (Å²) in [5, 5.41) is 0. The van der Waals surface area contributed by atoms with Gasteiger partial charge in [0.2, 0.25) is 0 Å². The SMILES string of the molecule is CC(OCCCCCCCCC1CO1)c1ccc(-c2ccc(OCCCCCCCCC3CO3)cc2)cc1. The normalized spacial score (nSPS) is 18.9. The second kappa shape index (κ2) is 16.9. The molecule has 0 bridgehead atoms. The molecule has 2 saturated heterocycles. The molecular weight excluding hydrogens is 472 g/mol. The molecule has 0 spiro atoms. The van der Waals surface area contributed by atoms with Gasteiger partial charge in [0.1, 0.15) is 5.75 Å². The Hall–Kier alpha value is -1.88. The van der Waals surface area contributed by atoms with Gasteiger partial charge in [-0.05, 0) is 61.4 Å². The third kappa shape index (κ3) is 11.9. The molecule has 0 radical (unpaired) electrons. The van der Waals surface area contributed by atoms with Crippen LogP contribution in [-0.2, 0) is 14.2 Å². The van der Waals surface area contributed by atoms with Gasteiger partial charge >= 0.3 is 0 Å². The Morgan fingerprint density at radius 2 is 1.05 bits per heavy atom. The minimum Gasteiger partial charge on any atom is -0.494 e. The summed E-state index contributed by atoms with van der Waals surface area (Å²) >= 11 is 0. The monoisotopic (exact) mass is 522 g/mol. The Balaban J connectivity index is 1.03. The largest absolute Gasteiger partial charge is 0.494 e. The third-order valence-electron chi connectivity index (χ3n) is 7.85. The Bertz CT molecular complexity index is 870. The Morgan fingerprint density at radius 1 is 0.605 bits per heavy atom. The topological polar surface area (TPSA) is 43.5 Å². The van der Waals surface area contributed by atoms with Crippen molar-refractivity contribution in [3.63, 3.8) is 0 Å². The van der Waals surface area contributed by atoms with Crippen molar-refractivity contribution in [3.05, 3.63) is 54.1 Å². The van der Waals surface area contributed by atoms with E-state index in [1.165, 1.54) is 93.7 Å². The molecule has 2 aliphatic rings. The van der Waals surface area contributed by atoms with E-state index in [1.807, 2.05) is 0 Å². The van der Waals surface area contributed by atoms with Gasteiger partial charge in [0.25, 0.3) is 0 Å². The minimum absolute atomic E-state index is 0.135. The van der Waals surface area contributed by atoms with E-state index in [0.29, 0.717) is 12.2 Å². The maximum atomic E-state index is 6.11. The van der Waals surface area contributed by atoms with Gasteiger partial charge in [-0.3, -0.25) is 0 Å². The fourth-order valence-corrected chi connectivity index (χ4v) is 5.07. The highest BCUT2D eigenvalue weighted by molar-refractivity contribution is 5.64. The maximum absolute atomic E-state index is 6.11. The van der Waals surface area contributed by atoms with Crippen LogP contribution >= 0.6 is 0 Å². The van der Waals surface area contributed by atoms with Gasteiger partial charge in [0.05, 0.1) is 38.1 Å². The fraction of sp³-hybridized carbons (Fsp3) is 0.647. The molecule has 2 aliphatic heterocycles. The molecule has 0 aliphatic carbocycles. The van der Waals surface area contributed by atoms with Crippen LogP contribution < -0.4 is 4.74 Å². The molecular formula is C34H50O4. The van der Waals surface area contributed by atoms with Crippen LogP contribution in [0.3, 0.4) is 0 Å². The predicted molar refractivity (Wildman–Crippen MR) is 156 cm³/mol. The van der Waals surface area contributed by atoms with Gasteiger partial charge in [-0.2, -0.15) is 0 Å². The second-order valence-electron chi connectivity index (χ2n) is 11.2. The number of unbranched alkanes of at least 4 members (excludes halogenated alkanes) is 10. The first-order valence-electron chi connectivity index (χ1n) is 15.5. The Morgan fingerprint density at radius 3 is 1.58 bits per heavy atom. The van der Waals surface area contributed by atoms with E-state index in [0.717, 1.165) is 45.0 Å². The number of ether oxygens (including phenoxy) is 4. The third-order valence-corrected chi connectivity index (χ3v) is 7.85. The van der Waals surface area contributed by atoms with Gasteiger partial charge < -0.3 is 18.9 Å². The molecule has 3 unspecified atom stereocenters. The zero-order chi connectivity index (χ0) is 26.3. The van der Waals surface area contributed by atoms with Crippen LogP contribution in [0.1, 0.15) is 108 Å². The molecule has 2 aromatic rings. The highest BCUT2D eigenvalue weighted by Crippen LogP contribution is 2.26. The molecule has 4 rings (SSSR count). The van der Waals surface area contributed by atoms with Gasteiger partial charge in [0.15, 0.2) is 0 Å². The lowest BCUT2D eigenvalue weighted by atomic mass is 10.0. The van der Waals surface area contributed by atoms with E-state index in [9.17, 15) is 0 Å². The molecule has 4 heteroatoms. The first-order chi connectivity index (χ1) is 18.8. The lowest BCUT2D eigenvalue weighted by molar-refractivity contribution is 0.0627. The van der Waals surface area contributed by atoms with Gasteiger partial charge in [-0.25, -0.2) is 0 Å². The molecule has 0 N–H and O–H groups in total. The minimum atomic E-state index is 0.135. The summed E-state index contributed by atoms with van der Waals surface area (Å²) in [6.07, 6.45) is 19.3. The summed E-state index contributed by atoms with van der Waals surface area (Å²) in [4.78, 5) is 0. The average Bonchev–Trinajstić information content (AvgIpc) is 3.88. The van der Waals surface area contributed by atoms with E-state index in [2.05, 4.69) is 55.5 Å². The molecule has 0 aromatic heterocycles.